The van der Waals surface area contributed by atoms with E-state index in [2.05, 4.69) is 20.6 Å². The maximum Gasteiger partial charge on any atom is 0.250 e. The number of amides is 3. The van der Waals surface area contributed by atoms with Gasteiger partial charge in [0.25, 0.3) is 0 Å². The topological polar surface area (TPSA) is 104 Å². The zero-order chi connectivity index (χ0) is 24.2. The predicted octanol–water partition coefficient (Wildman–Crippen LogP) is 5.19. The molecule has 0 fully saturated rings. The molecule has 2 heterocycles. The van der Waals surface area contributed by atoms with Crippen LogP contribution in [0.4, 0.5) is 26.0 Å². The summed E-state index contributed by atoms with van der Waals surface area (Å²) in [6.45, 7) is 2.76. The number of fused-ring (bicyclic) bond motifs is 1. The molecule has 0 aliphatic rings. The minimum Gasteiger partial charge on any atom is -0.326 e. The summed E-state index contributed by atoms with van der Waals surface area (Å²) in [5.74, 6) is -1.50. The van der Waals surface area contributed by atoms with Gasteiger partial charge in [-0.2, -0.15) is 0 Å². The van der Waals surface area contributed by atoms with Crippen LogP contribution in [0.15, 0.2) is 53.9 Å². The van der Waals surface area contributed by atoms with Crippen LogP contribution in [0.25, 0.3) is 16.3 Å². The number of hydrogen-bond donors (Lipinski definition) is 2. The molecule has 4 aromatic rings. The largest absolute Gasteiger partial charge is 0.326 e. The highest BCUT2D eigenvalue weighted by Gasteiger charge is 2.20. The fraction of sp³-hybridized carbons (Fsp3) is 0.0870. The number of anilines is 4. The second kappa shape index (κ2) is 9.89. The number of carbonyl (C=O) groups is 3. The molecule has 0 aliphatic heterocycles. The Hall–Kier alpha value is -3.96. The molecule has 172 valence electrons. The summed E-state index contributed by atoms with van der Waals surface area (Å²) in [5.41, 5.74) is 1.90. The molecule has 0 spiro atoms. The van der Waals surface area contributed by atoms with Gasteiger partial charge in [-0.3, -0.25) is 24.6 Å². The number of nitrogens with one attached hydrogen (secondary N) is 2. The first-order valence-corrected chi connectivity index (χ1v) is 11.7. The molecule has 8 nitrogen and oxygen atoms in total. The summed E-state index contributed by atoms with van der Waals surface area (Å²) in [5, 5.41) is 7.77. The molecule has 0 saturated heterocycles. The number of rotatable bonds is 6. The molecule has 0 unspecified atom stereocenters. The Labute approximate surface area is 201 Å². The quantitative estimate of drug-likeness (QED) is 0.359. The molecule has 0 radical (unpaired) electrons. The number of halogens is 1. The third-order valence-corrected chi connectivity index (χ3v) is 6.23. The van der Waals surface area contributed by atoms with Crippen molar-refractivity contribution in [2.45, 2.75) is 13.8 Å². The van der Waals surface area contributed by atoms with E-state index in [-0.39, 0.29) is 17.5 Å². The van der Waals surface area contributed by atoms with Crippen molar-refractivity contribution >= 4 is 78.3 Å². The van der Waals surface area contributed by atoms with Crippen LogP contribution in [0.3, 0.4) is 0 Å². The predicted molar refractivity (Wildman–Crippen MR) is 133 cm³/mol. The Kier molecular flexibility index (Phi) is 6.75. The van der Waals surface area contributed by atoms with Crippen LogP contribution in [-0.4, -0.2) is 27.7 Å². The molecule has 0 bridgehead atoms. The Morgan fingerprint density at radius 2 is 1.85 bits per heavy atom. The van der Waals surface area contributed by atoms with E-state index in [1.165, 1.54) is 54.4 Å². The zero-order valence-corrected chi connectivity index (χ0v) is 19.7. The number of nitrogens with zero attached hydrogens (tertiary/aromatic N) is 3. The highest BCUT2D eigenvalue weighted by molar-refractivity contribution is 7.22. The van der Waals surface area contributed by atoms with Crippen LogP contribution in [-0.2, 0) is 14.4 Å². The molecular weight excluding hydrogens is 477 g/mol. The van der Waals surface area contributed by atoms with Gasteiger partial charge >= 0.3 is 0 Å². The Balaban J connectivity index is 1.46. The lowest BCUT2D eigenvalue weighted by Gasteiger charge is -2.18. The minimum absolute atomic E-state index is 0.107. The van der Waals surface area contributed by atoms with Crippen LogP contribution in [0.5, 0.6) is 0 Å². The summed E-state index contributed by atoms with van der Waals surface area (Å²) in [6, 6.07) is 11.2. The number of carbonyl (C=O) groups excluding carboxylic acids is 3. The van der Waals surface area contributed by atoms with Crippen molar-refractivity contribution in [3.8, 4) is 0 Å². The minimum atomic E-state index is -0.538. The van der Waals surface area contributed by atoms with E-state index < -0.39 is 11.7 Å². The van der Waals surface area contributed by atoms with Gasteiger partial charge in [-0.05, 0) is 36.4 Å². The van der Waals surface area contributed by atoms with Gasteiger partial charge in [0.1, 0.15) is 5.82 Å². The number of aromatic nitrogens is 2. The van der Waals surface area contributed by atoms with Crippen LogP contribution >= 0.6 is 22.7 Å². The fourth-order valence-corrected chi connectivity index (χ4v) is 4.82. The lowest BCUT2D eigenvalue weighted by Crippen LogP contribution is -2.23. The van der Waals surface area contributed by atoms with E-state index >= 15 is 0 Å². The molecule has 34 heavy (non-hydrogen) atoms. The van der Waals surface area contributed by atoms with Gasteiger partial charge < -0.3 is 5.32 Å². The van der Waals surface area contributed by atoms with E-state index in [9.17, 15) is 18.8 Å². The highest BCUT2D eigenvalue weighted by Crippen LogP contribution is 2.31. The lowest BCUT2D eigenvalue weighted by molar-refractivity contribution is -0.116. The molecule has 0 atom stereocenters. The van der Waals surface area contributed by atoms with Crippen molar-refractivity contribution in [3.63, 3.8) is 0 Å². The number of benzene rings is 2. The fourth-order valence-electron chi connectivity index (χ4n) is 3.06. The van der Waals surface area contributed by atoms with Crippen LogP contribution < -0.4 is 15.5 Å². The van der Waals surface area contributed by atoms with Crippen molar-refractivity contribution in [1.29, 1.82) is 0 Å². The number of thiazole rings is 2. The summed E-state index contributed by atoms with van der Waals surface area (Å²) in [7, 11) is 0. The summed E-state index contributed by atoms with van der Waals surface area (Å²) < 4.78 is 15.0. The van der Waals surface area contributed by atoms with E-state index in [4.69, 9.17) is 0 Å². The molecule has 4 rings (SSSR count). The SMILES string of the molecule is CC(=O)Nc1ccc2nc(NC(=O)/C=C/c3csc(N(C(C)=O)c4ccccc4F)n3)sc2c1. The smallest absolute Gasteiger partial charge is 0.250 e. The van der Waals surface area contributed by atoms with Gasteiger partial charge in [0.2, 0.25) is 17.7 Å². The average molecular weight is 496 g/mol. The first-order valence-electron chi connectivity index (χ1n) is 9.98. The maximum atomic E-state index is 14.2. The van der Waals surface area contributed by atoms with Crippen molar-refractivity contribution in [2.75, 3.05) is 15.5 Å². The van der Waals surface area contributed by atoms with Gasteiger partial charge in [0.05, 0.1) is 21.6 Å². The lowest BCUT2D eigenvalue weighted by atomic mass is 10.3. The monoisotopic (exact) mass is 495 g/mol. The normalized spacial score (nSPS) is 11.0. The van der Waals surface area contributed by atoms with Crippen LogP contribution in [0, 0.1) is 5.82 Å². The second-order valence-corrected chi connectivity index (χ2v) is 8.93. The number of hydrogen-bond acceptors (Lipinski definition) is 7. The van der Waals surface area contributed by atoms with Crippen molar-refractivity contribution in [1.82, 2.24) is 9.97 Å². The van der Waals surface area contributed by atoms with Gasteiger partial charge in [0.15, 0.2) is 10.3 Å². The summed E-state index contributed by atoms with van der Waals surface area (Å²) in [6.07, 6.45) is 2.80. The van der Waals surface area contributed by atoms with E-state index in [1.807, 2.05) is 0 Å². The molecular formula is C23H18FN5O3S2. The summed E-state index contributed by atoms with van der Waals surface area (Å²) in [4.78, 5) is 45.6. The highest BCUT2D eigenvalue weighted by atomic mass is 32.1. The average Bonchev–Trinajstić information content (AvgIpc) is 3.39. The van der Waals surface area contributed by atoms with Crippen LogP contribution in [0.1, 0.15) is 19.5 Å². The van der Waals surface area contributed by atoms with Crippen molar-refractivity contribution in [2.24, 2.45) is 0 Å². The van der Waals surface area contributed by atoms with Crippen molar-refractivity contribution in [3.05, 3.63) is 65.4 Å². The molecule has 11 heteroatoms. The van der Waals surface area contributed by atoms with E-state index in [0.717, 1.165) is 16.0 Å². The summed E-state index contributed by atoms with van der Waals surface area (Å²) >= 11 is 2.43. The molecule has 2 aromatic heterocycles. The third-order valence-electron chi connectivity index (χ3n) is 4.45. The first-order chi connectivity index (χ1) is 16.3. The second-order valence-electron chi connectivity index (χ2n) is 7.07. The van der Waals surface area contributed by atoms with E-state index in [1.54, 1.807) is 35.7 Å². The standard InChI is InChI=1S/C23H18FN5O3S2/c1-13(30)25-15-7-9-18-20(11-15)34-22(27-18)28-21(32)10-8-16-12-33-23(26-16)29(14(2)31)19-6-4-3-5-17(19)24/h3-12H,1-2H3,(H,25,30)(H,27,28,32)/b10-8+. The Morgan fingerprint density at radius 3 is 2.59 bits per heavy atom. The van der Waals surface area contributed by atoms with Crippen molar-refractivity contribution < 1.29 is 18.8 Å². The Bertz CT molecular complexity index is 1430. The molecule has 2 N–H and O–H groups in total. The molecule has 0 aliphatic carbocycles. The van der Waals surface area contributed by atoms with Gasteiger partial charge in [0, 0.05) is 31.0 Å². The van der Waals surface area contributed by atoms with Gasteiger partial charge in [-0.25, -0.2) is 14.4 Å². The molecule has 3 amide bonds. The molecule has 2 aromatic carbocycles. The number of para-hydroxylation sites is 1. The maximum absolute atomic E-state index is 14.2. The van der Waals surface area contributed by atoms with Gasteiger partial charge in [-0.15, -0.1) is 11.3 Å². The van der Waals surface area contributed by atoms with E-state index in [0.29, 0.717) is 27.2 Å². The van der Waals surface area contributed by atoms with Crippen LogP contribution in [0.2, 0.25) is 0 Å². The zero-order valence-electron chi connectivity index (χ0n) is 18.0. The van der Waals surface area contributed by atoms with Gasteiger partial charge in [-0.1, -0.05) is 23.5 Å². The first kappa shape index (κ1) is 23.2. The molecule has 0 saturated carbocycles. The Morgan fingerprint density at radius 1 is 1.06 bits per heavy atom. The third kappa shape index (κ3) is 5.33.